The molecule has 0 aliphatic rings. The van der Waals surface area contributed by atoms with Crippen LogP contribution in [0.2, 0.25) is 0 Å². The van der Waals surface area contributed by atoms with Crippen molar-refractivity contribution in [3.05, 3.63) is 82.3 Å². The van der Waals surface area contributed by atoms with Crippen molar-refractivity contribution in [3.8, 4) is 5.69 Å². The monoisotopic (exact) mass is 435 g/mol. The first kappa shape index (κ1) is 23.1. The van der Waals surface area contributed by atoms with E-state index >= 15 is 0 Å². The highest BCUT2D eigenvalue weighted by Gasteiger charge is 2.28. The molecule has 168 valence electrons. The molecule has 0 radical (unpaired) electrons. The zero-order valence-electron chi connectivity index (χ0n) is 18.9. The van der Waals surface area contributed by atoms with Crippen LogP contribution in [-0.4, -0.2) is 27.8 Å². The number of benzene rings is 2. The Morgan fingerprint density at radius 3 is 2.22 bits per heavy atom. The van der Waals surface area contributed by atoms with E-state index in [1.165, 1.54) is 4.68 Å². The number of rotatable bonds is 8. The fraction of sp³-hybridized carbons (Fsp3) is 0.320. The zero-order valence-corrected chi connectivity index (χ0v) is 18.9. The van der Waals surface area contributed by atoms with Gasteiger partial charge < -0.3 is 10.1 Å². The van der Waals surface area contributed by atoms with E-state index in [1.54, 1.807) is 18.7 Å². The lowest BCUT2D eigenvalue weighted by Crippen LogP contribution is -2.28. The lowest BCUT2D eigenvalue weighted by molar-refractivity contribution is -0.150. The van der Waals surface area contributed by atoms with Crippen LogP contribution in [0.5, 0.6) is 0 Å². The van der Waals surface area contributed by atoms with Crippen LogP contribution in [0.1, 0.15) is 37.4 Å². The Bertz CT molecular complexity index is 1130. The summed E-state index contributed by atoms with van der Waals surface area (Å²) in [4.78, 5) is 38.3. The Balaban J connectivity index is 1.72. The number of carbonyl (C=O) groups is 2. The van der Waals surface area contributed by atoms with Crippen molar-refractivity contribution in [3.63, 3.8) is 0 Å². The molecule has 0 saturated heterocycles. The molecule has 1 N–H and O–H groups in total. The highest BCUT2D eigenvalue weighted by Crippen LogP contribution is 2.28. The second-order valence-electron chi connectivity index (χ2n) is 7.87. The van der Waals surface area contributed by atoms with Crippen LogP contribution in [0.15, 0.2) is 65.5 Å². The summed E-state index contributed by atoms with van der Waals surface area (Å²) in [5.41, 5.74) is 1.96. The molecule has 1 heterocycles. The average molecular weight is 436 g/mol. The molecule has 0 bridgehead atoms. The smallest absolute Gasteiger partial charge is 0.314 e. The van der Waals surface area contributed by atoms with Crippen LogP contribution in [-0.2, 0) is 21.4 Å². The number of hydrogen-bond acceptors (Lipinski definition) is 4. The second kappa shape index (κ2) is 10.1. The van der Waals surface area contributed by atoms with E-state index in [0.29, 0.717) is 11.4 Å². The number of amides is 1. The molecule has 2 atom stereocenters. The highest BCUT2D eigenvalue weighted by atomic mass is 16.5. The van der Waals surface area contributed by atoms with E-state index in [-0.39, 0.29) is 17.2 Å². The summed E-state index contributed by atoms with van der Waals surface area (Å²) in [6.07, 6.45) is 0.795. The minimum Gasteiger partial charge on any atom is -0.455 e. The summed E-state index contributed by atoms with van der Waals surface area (Å²) < 4.78 is 8.50. The molecular formula is C25H29N3O4. The van der Waals surface area contributed by atoms with Gasteiger partial charge in [0.2, 0.25) is 0 Å². The van der Waals surface area contributed by atoms with Crippen LogP contribution in [0.4, 0.5) is 5.69 Å². The summed E-state index contributed by atoms with van der Waals surface area (Å²) in [6.45, 7) is 5.28. The van der Waals surface area contributed by atoms with Gasteiger partial charge in [0.1, 0.15) is 5.69 Å². The zero-order chi connectivity index (χ0) is 23.3. The van der Waals surface area contributed by atoms with Crippen molar-refractivity contribution in [1.29, 1.82) is 0 Å². The number of hydrogen-bond donors (Lipinski definition) is 1. The number of aromatic nitrogens is 2. The fourth-order valence-electron chi connectivity index (χ4n) is 3.71. The van der Waals surface area contributed by atoms with E-state index in [9.17, 15) is 14.4 Å². The number of esters is 1. The topological polar surface area (TPSA) is 82.3 Å². The van der Waals surface area contributed by atoms with Crippen LogP contribution in [0.25, 0.3) is 5.69 Å². The minimum atomic E-state index is -0.555. The second-order valence-corrected chi connectivity index (χ2v) is 7.87. The number of carbonyl (C=O) groups excluding carboxylic acids is 2. The highest BCUT2D eigenvalue weighted by molar-refractivity contribution is 5.93. The Morgan fingerprint density at radius 2 is 1.62 bits per heavy atom. The Kier molecular flexibility index (Phi) is 7.30. The van der Waals surface area contributed by atoms with Gasteiger partial charge in [-0.2, -0.15) is 0 Å². The number of anilines is 1. The van der Waals surface area contributed by atoms with Gasteiger partial charge in [-0.15, -0.1) is 0 Å². The number of nitrogens with zero attached hydrogens (tertiary/aromatic N) is 2. The van der Waals surface area contributed by atoms with Gasteiger partial charge in [0, 0.05) is 7.05 Å². The molecule has 3 aromatic rings. The third-order valence-corrected chi connectivity index (χ3v) is 5.79. The molecule has 3 rings (SSSR count). The molecule has 2 aromatic carbocycles. The largest absolute Gasteiger partial charge is 0.455 e. The maximum atomic E-state index is 12.9. The Labute approximate surface area is 187 Å². The van der Waals surface area contributed by atoms with E-state index < -0.39 is 24.4 Å². The first-order valence-electron chi connectivity index (χ1n) is 10.7. The predicted octanol–water partition coefficient (Wildman–Crippen LogP) is 3.80. The van der Waals surface area contributed by atoms with E-state index in [2.05, 4.69) is 5.32 Å². The van der Waals surface area contributed by atoms with Crippen LogP contribution in [0.3, 0.4) is 0 Å². The van der Waals surface area contributed by atoms with Crippen LogP contribution >= 0.6 is 0 Å². The fourth-order valence-corrected chi connectivity index (χ4v) is 3.71. The SMILES string of the molecule is CCC(C)C(C(=O)OCC(=O)Nc1c(C)n(C)n(-c2ccccc2)c1=O)c1ccccc1. The van der Waals surface area contributed by atoms with E-state index in [1.807, 2.05) is 74.5 Å². The standard InChI is InChI=1S/C25H29N3O4/c1-5-17(2)22(19-12-8-6-9-13-19)25(31)32-16-21(29)26-23-18(3)27(4)28(24(23)30)20-14-10-7-11-15-20/h6-15,17,22H,5,16H2,1-4H3,(H,26,29). The van der Waals surface area contributed by atoms with Crippen molar-refractivity contribution >= 4 is 17.6 Å². The minimum absolute atomic E-state index is 0.0578. The van der Waals surface area contributed by atoms with Gasteiger partial charge in [-0.25, -0.2) is 4.68 Å². The summed E-state index contributed by atoms with van der Waals surface area (Å²) in [5.74, 6) is -1.40. The van der Waals surface area contributed by atoms with Gasteiger partial charge in [0.25, 0.3) is 11.5 Å². The van der Waals surface area contributed by atoms with Crippen molar-refractivity contribution in [2.75, 3.05) is 11.9 Å². The molecule has 2 unspecified atom stereocenters. The van der Waals surface area contributed by atoms with Crippen LogP contribution in [0, 0.1) is 12.8 Å². The molecule has 1 aromatic heterocycles. The third-order valence-electron chi connectivity index (χ3n) is 5.79. The lowest BCUT2D eigenvalue weighted by Gasteiger charge is -2.21. The van der Waals surface area contributed by atoms with Gasteiger partial charge in [0.05, 0.1) is 17.3 Å². The Morgan fingerprint density at radius 1 is 1.03 bits per heavy atom. The molecule has 32 heavy (non-hydrogen) atoms. The molecule has 0 aliphatic heterocycles. The third kappa shape index (κ3) is 4.82. The van der Waals surface area contributed by atoms with Gasteiger partial charge in [0.15, 0.2) is 6.61 Å². The van der Waals surface area contributed by atoms with E-state index in [4.69, 9.17) is 4.74 Å². The van der Waals surface area contributed by atoms with Crippen molar-refractivity contribution in [1.82, 2.24) is 9.36 Å². The normalized spacial score (nSPS) is 12.8. The summed E-state index contributed by atoms with van der Waals surface area (Å²) in [6, 6.07) is 18.6. The number of para-hydroxylation sites is 1. The van der Waals surface area contributed by atoms with Gasteiger partial charge in [-0.1, -0.05) is 68.8 Å². The molecule has 0 aliphatic carbocycles. The maximum absolute atomic E-state index is 12.9. The molecule has 0 fully saturated rings. The summed E-state index contributed by atoms with van der Waals surface area (Å²) in [7, 11) is 1.75. The molecule has 0 spiro atoms. The number of ether oxygens (including phenoxy) is 1. The molecule has 7 heteroatoms. The van der Waals surface area contributed by atoms with Crippen molar-refractivity contribution in [2.45, 2.75) is 33.1 Å². The van der Waals surface area contributed by atoms with Crippen LogP contribution < -0.4 is 10.9 Å². The first-order valence-corrected chi connectivity index (χ1v) is 10.7. The lowest BCUT2D eigenvalue weighted by atomic mass is 9.86. The van der Waals surface area contributed by atoms with Gasteiger partial charge in [-0.05, 0) is 30.5 Å². The summed E-state index contributed by atoms with van der Waals surface area (Å²) in [5, 5.41) is 2.62. The van der Waals surface area contributed by atoms with E-state index in [0.717, 1.165) is 12.0 Å². The predicted molar refractivity (Wildman–Crippen MR) is 124 cm³/mol. The molecule has 0 saturated carbocycles. The van der Waals surface area contributed by atoms with Gasteiger partial charge >= 0.3 is 5.97 Å². The quantitative estimate of drug-likeness (QED) is 0.546. The van der Waals surface area contributed by atoms with Crippen molar-refractivity contribution < 1.29 is 14.3 Å². The number of nitrogens with one attached hydrogen (secondary N) is 1. The molecule has 1 amide bonds. The average Bonchev–Trinajstić information content (AvgIpc) is 3.02. The first-order chi connectivity index (χ1) is 15.3. The molecule has 7 nitrogen and oxygen atoms in total. The van der Waals surface area contributed by atoms with Crippen molar-refractivity contribution in [2.24, 2.45) is 13.0 Å². The Hall–Kier alpha value is -3.61. The van der Waals surface area contributed by atoms with Gasteiger partial charge in [-0.3, -0.25) is 19.1 Å². The summed E-state index contributed by atoms with van der Waals surface area (Å²) >= 11 is 0. The maximum Gasteiger partial charge on any atom is 0.314 e. The molecular weight excluding hydrogens is 406 g/mol.